The zero-order valence-electron chi connectivity index (χ0n) is 8.99. The fourth-order valence-corrected chi connectivity index (χ4v) is 1.46. The minimum Gasteiger partial charge on any atom is -0.484 e. The number of nitrogens with two attached hydrogens (primary N) is 1. The van der Waals surface area contributed by atoms with Gasteiger partial charge in [-0.3, -0.25) is 0 Å². The molecule has 0 bridgehead atoms. The summed E-state index contributed by atoms with van der Waals surface area (Å²) in [7, 11) is 0. The van der Waals surface area contributed by atoms with Gasteiger partial charge in [-0.1, -0.05) is 18.2 Å². The number of nitrogen functional groups attached to an aromatic ring is 1. The lowest BCUT2D eigenvalue weighted by molar-refractivity contribution is 0.291. The Balaban J connectivity index is 2.13. The second kappa shape index (κ2) is 4.82. The van der Waals surface area contributed by atoms with Crippen molar-refractivity contribution in [1.82, 2.24) is 0 Å². The Labute approximate surface area is 97.6 Å². The van der Waals surface area contributed by atoms with Crippen LogP contribution >= 0.6 is 0 Å². The molecule has 2 nitrogen and oxygen atoms in total. The lowest BCUT2D eigenvalue weighted by Gasteiger charge is -2.09. The third-order valence-electron chi connectivity index (χ3n) is 2.27. The average Bonchev–Trinajstić information content (AvgIpc) is 2.28. The Morgan fingerprint density at radius 2 is 1.82 bits per heavy atom. The largest absolute Gasteiger partial charge is 0.484 e. The second-order valence-electron chi connectivity index (χ2n) is 3.58. The molecule has 0 radical (unpaired) electrons. The highest BCUT2D eigenvalue weighted by Crippen LogP contribution is 2.25. The van der Waals surface area contributed by atoms with Gasteiger partial charge in [0.15, 0.2) is 11.6 Å². The molecule has 0 aliphatic rings. The first kappa shape index (κ1) is 11.4. The smallest absolute Gasteiger partial charge is 0.178 e. The number of benzene rings is 2. The Morgan fingerprint density at radius 3 is 2.53 bits per heavy atom. The van der Waals surface area contributed by atoms with E-state index in [0.717, 1.165) is 0 Å². The monoisotopic (exact) mass is 235 g/mol. The van der Waals surface area contributed by atoms with E-state index in [4.69, 9.17) is 10.5 Å². The summed E-state index contributed by atoms with van der Waals surface area (Å²) in [5.74, 6) is -0.884. The van der Waals surface area contributed by atoms with E-state index in [1.807, 2.05) is 0 Å². The Bertz CT molecular complexity index is 508. The molecule has 0 fully saturated rings. The summed E-state index contributed by atoms with van der Waals surface area (Å²) in [6.45, 7) is 0.0723. The molecular formula is C13H11F2NO. The van der Waals surface area contributed by atoms with E-state index in [0.29, 0.717) is 5.56 Å². The van der Waals surface area contributed by atoms with Crippen LogP contribution < -0.4 is 10.5 Å². The van der Waals surface area contributed by atoms with Crippen molar-refractivity contribution >= 4 is 5.69 Å². The van der Waals surface area contributed by atoms with Crippen LogP contribution in [0.25, 0.3) is 0 Å². The van der Waals surface area contributed by atoms with E-state index in [1.165, 1.54) is 24.3 Å². The van der Waals surface area contributed by atoms with Crippen molar-refractivity contribution in [2.45, 2.75) is 6.61 Å². The van der Waals surface area contributed by atoms with E-state index in [2.05, 4.69) is 0 Å². The first-order valence-corrected chi connectivity index (χ1v) is 5.08. The van der Waals surface area contributed by atoms with Gasteiger partial charge in [-0.05, 0) is 29.8 Å². The maximum Gasteiger partial charge on any atom is 0.178 e. The summed E-state index contributed by atoms with van der Waals surface area (Å²) in [6, 6.07) is 10.2. The first-order chi connectivity index (χ1) is 8.16. The quantitative estimate of drug-likeness (QED) is 0.829. The van der Waals surface area contributed by atoms with E-state index in [-0.39, 0.29) is 23.9 Å². The number of ether oxygens (including phenoxy) is 1. The average molecular weight is 235 g/mol. The fraction of sp³-hybridized carbons (Fsp3) is 0.0769. The van der Waals surface area contributed by atoms with Crippen LogP contribution in [0.3, 0.4) is 0 Å². The maximum absolute atomic E-state index is 13.4. The van der Waals surface area contributed by atoms with Crippen molar-refractivity contribution in [2.24, 2.45) is 0 Å². The van der Waals surface area contributed by atoms with Crippen LogP contribution in [0.1, 0.15) is 5.56 Å². The van der Waals surface area contributed by atoms with E-state index < -0.39 is 5.82 Å². The molecule has 0 atom stereocenters. The Morgan fingerprint density at radius 1 is 1.06 bits per heavy atom. The van der Waals surface area contributed by atoms with Crippen molar-refractivity contribution in [2.75, 3.05) is 5.73 Å². The van der Waals surface area contributed by atoms with Gasteiger partial charge in [0.25, 0.3) is 0 Å². The zero-order valence-corrected chi connectivity index (χ0v) is 8.99. The van der Waals surface area contributed by atoms with Gasteiger partial charge in [-0.2, -0.15) is 0 Å². The molecule has 2 N–H and O–H groups in total. The molecular weight excluding hydrogens is 224 g/mol. The molecule has 0 saturated heterocycles. The van der Waals surface area contributed by atoms with Gasteiger partial charge in [0, 0.05) is 0 Å². The minimum atomic E-state index is -0.526. The normalized spacial score (nSPS) is 10.2. The molecule has 0 aliphatic heterocycles. The molecule has 2 rings (SSSR count). The Hall–Kier alpha value is -2.10. The van der Waals surface area contributed by atoms with Crippen molar-refractivity contribution in [1.29, 1.82) is 0 Å². The third kappa shape index (κ3) is 2.72. The van der Waals surface area contributed by atoms with Crippen LogP contribution in [0.5, 0.6) is 5.75 Å². The maximum atomic E-state index is 13.4. The van der Waals surface area contributed by atoms with E-state index >= 15 is 0 Å². The summed E-state index contributed by atoms with van der Waals surface area (Å²) in [6.07, 6.45) is 0. The lowest BCUT2D eigenvalue weighted by Crippen LogP contribution is -2.01. The highest BCUT2D eigenvalue weighted by Gasteiger charge is 2.07. The number of para-hydroxylation sites is 1. The molecule has 0 aliphatic carbocycles. The zero-order chi connectivity index (χ0) is 12.3. The van der Waals surface area contributed by atoms with Gasteiger partial charge in [-0.15, -0.1) is 0 Å². The van der Waals surface area contributed by atoms with Crippen molar-refractivity contribution in [3.05, 3.63) is 59.7 Å². The molecule has 0 aromatic heterocycles. The highest BCUT2D eigenvalue weighted by molar-refractivity contribution is 5.52. The molecule has 4 heteroatoms. The topological polar surface area (TPSA) is 35.2 Å². The molecule has 0 spiro atoms. The summed E-state index contributed by atoms with van der Waals surface area (Å²) in [5, 5.41) is 0. The summed E-state index contributed by atoms with van der Waals surface area (Å²) in [5.41, 5.74) is 6.42. The van der Waals surface area contributed by atoms with Crippen LogP contribution in [-0.4, -0.2) is 0 Å². The molecule has 0 unspecified atom stereocenters. The molecule has 0 saturated carbocycles. The highest BCUT2D eigenvalue weighted by atomic mass is 19.1. The number of anilines is 1. The number of hydrogen-bond donors (Lipinski definition) is 1. The van der Waals surface area contributed by atoms with Gasteiger partial charge < -0.3 is 10.5 Å². The molecule has 2 aromatic rings. The van der Waals surface area contributed by atoms with Crippen molar-refractivity contribution in [3.8, 4) is 5.75 Å². The van der Waals surface area contributed by atoms with Crippen LogP contribution in [0, 0.1) is 11.6 Å². The van der Waals surface area contributed by atoms with Crippen molar-refractivity contribution in [3.63, 3.8) is 0 Å². The summed E-state index contributed by atoms with van der Waals surface area (Å²) >= 11 is 0. The van der Waals surface area contributed by atoms with Gasteiger partial charge in [-0.25, -0.2) is 8.78 Å². The van der Waals surface area contributed by atoms with Crippen LogP contribution in [0.4, 0.5) is 14.5 Å². The standard InChI is InChI=1S/C13H11F2NO/c14-10-4-1-3-9(7-10)8-17-13-11(15)5-2-6-12(13)16/h1-7H,8,16H2. The van der Waals surface area contributed by atoms with E-state index in [1.54, 1.807) is 18.2 Å². The predicted octanol–water partition coefficient (Wildman–Crippen LogP) is 3.13. The van der Waals surface area contributed by atoms with Crippen LogP contribution in [-0.2, 0) is 6.61 Å². The summed E-state index contributed by atoms with van der Waals surface area (Å²) in [4.78, 5) is 0. The summed E-state index contributed by atoms with van der Waals surface area (Å²) < 4.78 is 31.5. The minimum absolute atomic E-state index is 0.00300. The molecule has 88 valence electrons. The second-order valence-corrected chi connectivity index (χ2v) is 3.58. The van der Waals surface area contributed by atoms with Gasteiger partial charge in [0.2, 0.25) is 0 Å². The third-order valence-corrected chi connectivity index (χ3v) is 2.27. The van der Waals surface area contributed by atoms with E-state index in [9.17, 15) is 8.78 Å². The molecule has 2 aromatic carbocycles. The first-order valence-electron chi connectivity index (χ1n) is 5.08. The molecule has 0 heterocycles. The SMILES string of the molecule is Nc1cccc(F)c1OCc1cccc(F)c1. The number of halogens is 2. The van der Waals surface area contributed by atoms with Gasteiger partial charge >= 0.3 is 0 Å². The molecule has 17 heavy (non-hydrogen) atoms. The van der Waals surface area contributed by atoms with Gasteiger partial charge in [0.05, 0.1) is 5.69 Å². The van der Waals surface area contributed by atoms with Gasteiger partial charge in [0.1, 0.15) is 12.4 Å². The molecule has 0 amide bonds. The Kier molecular flexibility index (Phi) is 3.23. The lowest BCUT2D eigenvalue weighted by atomic mass is 10.2. The number of rotatable bonds is 3. The van der Waals surface area contributed by atoms with Crippen LogP contribution in [0.15, 0.2) is 42.5 Å². The fourth-order valence-electron chi connectivity index (χ4n) is 1.46. The predicted molar refractivity (Wildman–Crippen MR) is 61.5 cm³/mol. The van der Waals surface area contributed by atoms with Crippen molar-refractivity contribution < 1.29 is 13.5 Å². The van der Waals surface area contributed by atoms with Crippen LogP contribution in [0.2, 0.25) is 0 Å². The number of hydrogen-bond acceptors (Lipinski definition) is 2.